The minimum absolute atomic E-state index is 0.0638. The highest BCUT2D eigenvalue weighted by Gasteiger charge is 2.32. The number of hydrogen-bond donors (Lipinski definition) is 0. The van der Waals surface area contributed by atoms with Crippen LogP contribution >= 0.6 is 0 Å². The van der Waals surface area contributed by atoms with Gasteiger partial charge in [0.25, 0.3) is 0 Å². The summed E-state index contributed by atoms with van der Waals surface area (Å²) in [7, 11) is 3.24. The summed E-state index contributed by atoms with van der Waals surface area (Å²) in [5.74, 6) is -1.35. The lowest BCUT2D eigenvalue weighted by molar-refractivity contribution is -0.00860. The van der Waals surface area contributed by atoms with E-state index in [1.807, 2.05) is 20.8 Å². The maximum atomic E-state index is 13.9. The summed E-state index contributed by atoms with van der Waals surface area (Å²) in [5, 5.41) is 4.59. The molecule has 0 radical (unpaired) electrons. The number of ether oxygens (including phenoxy) is 3. The molecule has 9 heteroatoms. The van der Waals surface area contributed by atoms with Crippen LogP contribution in [-0.2, 0) is 34.4 Å². The number of aryl methyl sites for hydroxylation is 1. The fraction of sp³-hybridized carbons (Fsp3) is 0.565. The molecule has 32 heavy (non-hydrogen) atoms. The van der Waals surface area contributed by atoms with Gasteiger partial charge >= 0.3 is 6.09 Å². The van der Waals surface area contributed by atoms with Gasteiger partial charge in [0.15, 0.2) is 0 Å². The average Bonchev–Trinajstić information content (AvgIpc) is 3.00. The van der Waals surface area contributed by atoms with Crippen LogP contribution in [0.1, 0.15) is 44.9 Å². The van der Waals surface area contributed by atoms with Gasteiger partial charge in [-0.25, -0.2) is 13.6 Å². The van der Waals surface area contributed by atoms with Crippen LogP contribution in [0.5, 0.6) is 0 Å². The van der Waals surface area contributed by atoms with Crippen molar-refractivity contribution in [2.75, 3.05) is 20.3 Å². The van der Waals surface area contributed by atoms with E-state index in [-0.39, 0.29) is 19.2 Å². The van der Waals surface area contributed by atoms with Crippen molar-refractivity contribution in [3.05, 3.63) is 41.1 Å². The van der Waals surface area contributed by atoms with Crippen molar-refractivity contribution in [1.29, 1.82) is 0 Å². The molecule has 2 heterocycles. The number of carbonyl (C=O) groups excluding carboxylic acids is 1. The number of amides is 1. The summed E-state index contributed by atoms with van der Waals surface area (Å²) >= 11 is 0. The molecule has 0 bridgehead atoms. The fourth-order valence-electron chi connectivity index (χ4n) is 3.92. The molecular formula is C23H31F2N3O4. The van der Waals surface area contributed by atoms with E-state index in [2.05, 4.69) is 5.10 Å². The molecule has 0 aliphatic carbocycles. The average molecular weight is 452 g/mol. The Morgan fingerprint density at radius 1 is 1.22 bits per heavy atom. The first-order valence-corrected chi connectivity index (χ1v) is 10.7. The standard InChI is InChI=1S/C23H31F2N3O4/c1-23(2,3)32-22(29)28(18-6-8-31-9-7-18)13-20-19(14-30-5)21(27(4)26-20)15-10-16(24)12-17(25)11-15/h10-12,18H,6-9,13-14H2,1-5H3. The summed E-state index contributed by atoms with van der Waals surface area (Å²) in [4.78, 5) is 14.8. The quantitative estimate of drug-likeness (QED) is 0.650. The molecular weight excluding hydrogens is 420 g/mol. The monoisotopic (exact) mass is 451 g/mol. The Bertz CT molecular complexity index is 929. The van der Waals surface area contributed by atoms with Gasteiger partial charge in [-0.1, -0.05) is 0 Å². The largest absolute Gasteiger partial charge is 0.444 e. The van der Waals surface area contributed by atoms with Crippen molar-refractivity contribution in [2.45, 2.75) is 58.4 Å². The molecule has 0 unspecified atom stereocenters. The second-order valence-electron chi connectivity index (χ2n) is 8.94. The van der Waals surface area contributed by atoms with E-state index in [0.29, 0.717) is 48.6 Å². The zero-order chi connectivity index (χ0) is 23.5. The smallest absolute Gasteiger partial charge is 0.410 e. The third-order valence-corrected chi connectivity index (χ3v) is 5.23. The molecule has 0 spiro atoms. The number of halogens is 2. The van der Waals surface area contributed by atoms with Gasteiger partial charge in [-0.2, -0.15) is 5.10 Å². The van der Waals surface area contributed by atoms with E-state index >= 15 is 0 Å². The highest BCUT2D eigenvalue weighted by Crippen LogP contribution is 2.30. The van der Waals surface area contributed by atoms with Crippen LogP contribution in [0.25, 0.3) is 11.3 Å². The van der Waals surface area contributed by atoms with Gasteiger partial charge < -0.3 is 14.2 Å². The van der Waals surface area contributed by atoms with Crippen LogP contribution in [0.4, 0.5) is 13.6 Å². The number of benzene rings is 1. The fourth-order valence-corrected chi connectivity index (χ4v) is 3.92. The lowest BCUT2D eigenvalue weighted by Crippen LogP contribution is -2.45. The summed E-state index contributed by atoms with van der Waals surface area (Å²) in [6.07, 6.45) is 0.943. The first-order valence-electron chi connectivity index (χ1n) is 10.7. The van der Waals surface area contributed by atoms with Crippen molar-refractivity contribution >= 4 is 6.09 Å². The molecule has 1 aromatic carbocycles. The Morgan fingerprint density at radius 2 is 1.84 bits per heavy atom. The Morgan fingerprint density at radius 3 is 2.41 bits per heavy atom. The van der Waals surface area contributed by atoms with Gasteiger partial charge in [0.2, 0.25) is 0 Å². The second kappa shape index (κ2) is 9.95. The van der Waals surface area contributed by atoms with E-state index in [9.17, 15) is 13.6 Å². The van der Waals surface area contributed by atoms with Gasteiger partial charge in [0.05, 0.1) is 24.5 Å². The van der Waals surface area contributed by atoms with Crippen molar-refractivity contribution < 1.29 is 27.8 Å². The van der Waals surface area contributed by atoms with Crippen LogP contribution in [-0.4, -0.2) is 52.7 Å². The van der Waals surface area contributed by atoms with Crippen molar-refractivity contribution in [3.8, 4) is 11.3 Å². The lowest BCUT2D eigenvalue weighted by Gasteiger charge is -2.35. The predicted molar refractivity (Wildman–Crippen MR) is 115 cm³/mol. The molecule has 1 aliphatic rings. The number of carbonyl (C=O) groups is 1. The van der Waals surface area contributed by atoms with Gasteiger partial charge in [0, 0.05) is 50.6 Å². The van der Waals surface area contributed by atoms with Crippen LogP contribution in [0.2, 0.25) is 0 Å². The molecule has 1 fully saturated rings. The Balaban J connectivity index is 2.01. The molecule has 3 rings (SSSR count). The Hall–Kier alpha value is -2.52. The van der Waals surface area contributed by atoms with E-state index in [0.717, 1.165) is 6.07 Å². The molecule has 0 N–H and O–H groups in total. The van der Waals surface area contributed by atoms with Crippen LogP contribution < -0.4 is 0 Å². The van der Waals surface area contributed by atoms with E-state index in [4.69, 9.17) is 14.2 Å². The highest BCUT2D eigenvalue weighted by molar-refractivity contribution is 5.69. The molecule has 7 nitrogen and oxygen atoms in total. The molecule has 0 atom stereocenters. The minimum Gasteiger partial charge on any atom is -0.444 e. The van der Waals surface area contributed by atoms with Gasteiger partial charge in [0.1, 0.15) is 17.2 Å². The maximum Gasteiger partial charge on any atom is 0.410 e. The number of methoxy groups -OCH3 is 1. The van der Waals surface area contributed by atoms with E-state index in [1.165, 1.54) is 19.2 Å². The highest BCUT2D eigenvalue weighted by atomic mass is 19.1. The van der Waals surface area contributed by atoms with Crippen molar-refractivity contribution in [1.82, 2.24) is 14.7 Å². The Kier molecular flexibility index (Phi) is 7.51. The predicted octanol–water partition coefficient (Wildman–Crippen LogP) is 4.43. The molecule has 1 aliphatic heterocycles. The summed E-state index contributed by atoms with van der Waals surface area (Å²) in [5.41, 5.74) is 1.50. The summed E-state index contributed by atoms with van der Waals surface area (Å²) in [6.45, 7) is 6.94. The van der Waals surface area contributed by atoms with Crippen LogP contribution in [0.15, 0.2) is 18.2 Å². The Labute approximate surface area is 187 Å². The third-order valence-electron chi connectivity index (χ3n) is 5.23. The zero-order valence-electron chi connectivity index (χ0n) is 19.3. The van der Waals surface area contributed by atoms with Gasteiger partial charge in [-0.3, -0.25) is 9.58 Å². The van der Waals surface area contributed by atoms with Crippen molar-refractivity contribution in [3.63, 3.8) is 0 Å². The van der Waals surface area contributed by atoms with Gasteiger partial charge in [-0.05, 0) is 45.7 Å². The third kappa shape index (κ3) is 5.83. The maximum absolute atomic E-state index is 13.9. The van der Waals surface area contributed by atoms with E-state index in [1.54, 1.807) is 16.6 Å². The van der Waals surface area contributed by atoms with Crippen molar-refractivity contribution in [2.24, 2.45) is 7.05 Å². The number of aromatic nitrogens is 2. The molecule has 1 aromatic heterocycles. The lowest BCUT2D eigenvalue weighted by atomic mass is 10.0. The molecule has 0 saturated carbocycles. The second-order valence-corrected chi connectivity index (χ2v) is 8.94. The first-order chi connectivity index (χ1) is 15.1. The number of hydrogen-bond acceptors (Lipinski definition) is 5. The molecule has 1 amide bonds. The van der Waals surface area contributed by atoms with E-state index < -0.39 is 23.3 Å². The van der Waals surface area contributed by atoms with Gasteiger partial charge in [-0.15, -0.1) is 0 Å². The normalized spacial score (nSPS) is 15.1. The van der Waals surface area contributed by atoms with Crippen LogP contribution in [0, 0.1) is 11.6 Å². The summed E-state index contributed by atoms with van der Waals surface area (Å²) in [6, 6.07) is 3.28. The number of rotatable bonds is 6. The molecule has 2 aromatic rings. The SMILES string of the molecule is COCc1c(CN(C(=O)OC(C)(C)C)C2CCOCC2)nn(C)c1-c1cc(F)cc(F)c1. The molecule has 1 saturated heterocycles. The first kappa shape index (κ1) is 24.1. The van der Waals surface area contributed by atoms with Crippen LogP contribution in [0.3, 0.4) is 0 Å². The molecule has 176 valence electrons. The minimum atomic E-state index is -0.677. The zero-order valence-corrected chi connectivity index (χ0v) is 19.3. The summed E-state index contributed by atoms with van der Waals surface area (Å²) < 4.78 is 45.9. The number of nitrogens with zero attached hydrogens (tertiary/aromatic N) is 3. The topological polar surface area (TPSA) is 65.8 Å².